The fraction of sp³-hybridized carbons (Fsp3) is 0.462. The van der Waals surface area contributed by atoms with Crippen LogP contribution in [0.25, 0.3) is 0 Å². The van der Waals surface area contributed by atoms with Crippen molar-refractivity contribution in [1.82, 2.24) is 5.32 Å². The molecule has 0 radical (unpaired) electrons. The number of nitrogens with two attached hydrogens (primary N) is 1. The van der Waals surface area contributed by atoms with Crippen molar-refractivity contribution < 1.29 is 4.79 Å². The zero-order valence-corrected chi connectivity index (χ0v) is 9.62. The van der Waals surface area contributed by atoms with E-state index < -0.39 is 0 Å². The van der Waals surface area contributed by atoms with Gasteiger partial charge >= 0.3 is 0 Å². The van der Waals surface area contributed by atoms with Gasteiger partial charge in [-0.2, -0.15) is 0 Å². The maximum absolute atomic E-state index is 11.9. The molecule has 0 aromatic heterocycles. The van der Waals surface area contributed by atoms with E-state index in [4.69, 9.17) is 5.73 Å². The molecule has 1 aromatic rings. The maximum Gasteiger partial charge on any atom is 0.253 e. The van der Waals surface area contributed by atoms with Gasteiger partial charge in [0.2, 0.25) is 0 Å². The third-order valence-corrected chi connectivity index (χ3v) is 3.44. The van der Waals surface area contributed by atoms with Crippen LogP contribution in [0.4, 0.5) is 5.69 Å². The second-order valence-corrected chi connectivity index (χ2v) is 4.93. The van der Waals surface area contributed by atoms with E-state index in [0.29, 0.717) is 16.7 Å². The second-order valence-electron chi connectivity index (χ2n) is 4.93. The zero-order chi connectivity index (χ0) is 11.6. The van der Waals surface area contributed by atoms with Crippen LogP contribution < -0.4 is 11.1 Å². The third-order valence-electron chi connectivity index (χ3n) is 3.44. The predicted octanol–water partition coefficient (Wildman–Crippen LogP) is 2.19. The van der Waals surface area contributed by atoms with Gasteiger partial charge in [0.05, 0.1) is 5.56 Å². The average Bonchev–Trinajstić information content (AvgIpc) is 2.24. The van der Waals surface area contributed by atoms with Gasteiger partial charge in [-0.3, -0.25) is 4.79 Å². The van der Waals surface area contributed by atoms with Crippen molar-refractivity contribution in [2.45, 2.75) is 26.2 Å². The minimum Gasteiger partial charge on any atom is -0.398 e. The van der Waals surface area contributed by atoms with Gasteiger partial charge in [0, 0.05) is 12.2 Å². The molecule has 2 rings (SSSR count). The molecule has 3 N–H and O–H groups in total. The Bertz CT molecular complexity index is 397. The Morgan fingerprint density at radius 1 is 1.44 bits per heavy atom. The quantitative estimate of drug-likeness (QED) is 0.764. The highest BCUT2D eigenvalue weighted by Crippen LogP contribution is 2.39. The van der Waals surface area contributed by atoms with Crippen LogP contribution in [0.15, 0.2) is 24.3 Å². The Kier molecular flexibility index (Phi) is 2.86. The lowest BCUT2D eigenvalue weighted by molar-refractivity contribution is 0.0891. The van der Waals surface area contributed by atoms with Crippen molar-refractivity contribution in [2.75, 3.05) is 12.3 Å². The molecule has 3 nitrogen and oxygen atoms in total. The molecular weight excluding hydrogens is 200 g/mol. The lowest BCUT2D eigenvalue weighted by Crippen LogP contribution is -2.40. The van der Waals surface area contributed by atoms with Crippen LogP contribution in [0.5, 0.6) is 0 Å². The van der Waals surface area contributed by atoms with Crippen molar-refractivity contribution >= 4 is 11.6 Å². The maximum atomic E-state index is 11.9. The minimum absolute atomic E-state index is 0.0637. The van der Waals surface area contributed by atoms with Crippen molar-refractivity contribution in [3.05, 3.63) is 29.8 Å². The summed E-state index contributed by atoms with van der Waals surface area (Å²) in [6.07, 6.45) is 3.69. The number of para-hydroxylation sites is 1. The summed E-state index contributed by atoms with van der Waals surface area (Å²) in [5, 5.41) is 2.96. The third kappa shape index (κ3) is 2.18. The Balaban J connectivity index is 1.96. The van der Waals surface area contributed by atoms with Gasteiger partial charge < -0.3 is 11.1 Å². The molecule has 1 aromatic carbocycles. The summed E-state index contributed by atoms with van der Waals surface area (Å²) >= 11 is 0. The number of carbonyl (C=O) groups is 1. The first-order chi connectivity index (χ1) is 7.61. The Morgan fingerprint density at radius 3 is 2.69 bits per heavy atom. The van der Waals surface area contributed by atoms with Crippen molar-refractivity contribution in [1.29, 1.82) is 0 Å². The summed E-state index contributed by atoms with van der Waals surface area (Å²) in [5.74, 6) is -0.0637. The minimum atomic E-state index is -0.0637. The molecule has 86 valence electrons. The Labute approximate surface area is 96.0 Å². The van der Waals surface area contributed by atoms with Crippen LogP contribution in [-0.4, -0.2) is 12.5 Å². The topological polar surface area (TPSA) is 55.1 Å². The molecule has 1 amide bonds. The number of nitrogens with one attached hydrogen (secondary N) is 1. The Hall–Kier alpha value is -1.51. The molecule has 0 aliphatic heterocycles. The van der Waals surface area contributed by atoms with Gasteiger partial charge in [0.15, 0.2) is 0 Å². The monoisotopic (exact) mass is 218 g/mol. The number of amides is 1. The Morgan fingerprint density at radius 2 is 2.12 bits per heavy atom. The van der Waals surface area contributed by atoms with Crippen LogP contribution >= 0.6 is 0 Å². The lowest BCUT2D eigenvalue weighted by atomic mass is 9.70. The molecule has 16 heavy (non-hydrogen) atoms. The fourth-order valence-corrected chi connectivity index (χ4v) is 2.05. The smallest absolute Gasteiger partial charge is 0.253 e. The molecule has 1 aliphatic rings. The van der Waals surface area contributed by atoms with Gasteiger partial charge in [0.1, 0.15) is 0 Å². The number of rotatable bonds is 3. The summed E-state index contributed by atoms with van der Waals surface area (Å²) in [5.41, 5.74) is 7.17. The summed E-state index contributed by atoms with van der Waals surface area (Å²) in [7, 11) is 0. The normalized spacial score (nSPS) is 17.6. The summed E-state index contributed by atoms with van der Waals surface area (Å²) < 4.78 is 0. The first kappa shape index (κ1) is 11.0. The van der Waals surface area contributed by atoms with Crippen LogP contribution in [-0.2, 0) is 0 Å². The van der Waals surface area contributed by atoms with Gasteiger partial charge in [-0.25, -0.2) is 0 Å². The first-order valence-corrected chi connectivity index (χ1v) is 5.73. The molecule has 0 bridgehead atoms. The van der Waals surface area contributed by atoms with Crippen molar-refractivity contribution in [3.63, 3.8) is 0 Å². The number of anilines is 1. The van der Waals surface area contributed by atoms with Gasteiger partial charge in [-0.15, -0.1) is 0 Å². The van der Waals surface area contributed by atoms with Crippen molar-refractivity contribution in [2.24, 2.45) is 5.41 Å². The number of benzene rings is 1. The molecular formula is C13H18N2O. The average molecular weight is 218 g/mol. The SMILES string of the molecule is CC1(CNC(=O)c2ccccc2N)CCC1. The molecule has 0 heterocycles. The standard InChI is InChI=1S/C13H18N2O/c1-13(7-4-8-13)9-15-12(16)10-5-2-3-6-11(10)14/h2-3,5-6H,4,7-9,14H2,1H3,(H,15,16). The lowest BCUT2D eigenvalue weighted by Gasteiger charge is -2.38. The van der Waals surface area contributed by atoms with E-state index in [9.17, 15) is 4.79 Å². The summed E-state index contributed by atoms with van der Waals surface area (Å²) in [6.45, 7) is 2.96. The van der Waals surface area contributed by atoms with Crippen LogP contribution in [0.3, 0.4) is 0 Å². The molecule has 3 heteroatoms. The fourth-order valence-electron chi connectivity index (χ4n) is 2.05. The van der Waals surface area contributed by atoms with E-state index in [2.05, 4.69) is 12.2 Å². The van der Waals surface area contributed by atoms with E-state index in [0.717, 1.165) is 6.54 Å². The van der Waals surface area contributed by atoms with E-state index in [1.165, 1.54) is 19.3 Å². The molecule has 0 atom stereocenters. The highest BCUT2D eigenvalue weighted by Gasteiger charge is 2.31. The van der Waals surface area contributed by atoms with Crippen LogP contribution in [0.2, 0.25) is 0 Å². The second kappa shape index (κ2) is 4.16. The molecule has 1 aliphatic carbocycles. The molecule has 0 spiro atoms. The molecule has 0 unspecified atom stereocenters. The highest BCUT2D eigenvalue weighted by atomic mass is 16.1. The van der Waals surface area contributed by atoms with E-state index in [1.54, 1.807) is 12.1 Å². The highest BCUT2D eigenvalue weighted by molar-refractivity contribution is 5.99. The molecule has 1 saturated carbocycles. The van der Waals surface area contributed by atoms with Gasteiger partial charge in [-0.05, 0) is 30.4 Å². The van der Waals surface area contributed by atoms with Crippen LogP contribution in [0.1, 0.15) is 36.5 Å². The summed E-state index contributed by atoms with van der Waals surface area (Å²) in [6, 6.07) is 7.17. The van der Waals surface area contributed by atoms with Crippen LogP contribution in [0, 0.1) is 5.41 Å². The summed E-state index contributed by atoms with van der Waals surface area (Å²) in [4.78, 5) is 11.9. The number of hydrogen-bond donors (Lipinski definition) is 2. The number of hydrogen-bond acceptors (Lipinski definition) is 2. The van der Waals surface area contributed by atoms with E-state index in [-0.39, 0.29) is 5.91 Å². The molecule has 1 fully saturated rings. The van der Waals surface area contributed by atoms with E-state index in [1.807, 2.05) is 12.1 Å². The van der Waals surface area contributed by atoms with Gasteiger partial charge in [0.25, 0.3) is 5.91 Å². The van der Waals surface area contributed by atoms with Crippen molar-refractivity contribution in [3.8, 4) is 0 Å². The predicted molar refractivity (Wildman–Crippen MR) is 65.1 cm³/mol. The molecule has 0 saturated heterocycles. The zero-order valence-electron chi connectivity index (χ0n) is 9.62. The van der Waals surface area contributed by atoms with E-state index >= 15 is 0 Å². The largest absolute Gasteiger partial charge is 0.398 e. The van der Waals surface area contributed by atoms with Gasteiger partial charge in [-0.1, -0.05) is 25.5 Å². The number of nitrogen functional groups attached to an aromatic ring is 1. The number of carbonyl (C=O) groups excluding carboxylic acids is 1. The first-order valence-electron chi connectivity index (χ1n) is 5.73.